The van der Waals surface area contributed by atoms with Crippen LogP contribution in [0.15, 0.2) is 18.2 Å². The van der Waals surface area contributed by atoms with Crippen LogP contribution in [0.2, 0.25) is 5.02 Å². The van der Waals surface area contributed by atoms with Crippen molar-refractivity contribution in [3.8, 4) is 0 Å². The second-order valence-electron chi connectivity index (χ2n) is 2.25. The predicted molar refractivity (Wildman–Crippen MR) is 54.7 cm³/mol. The van der Waals surface area contributed by atoms with Crippen LogP contribution in [-0.4, -0.2) is 15.5 Å². The van der Waals surface area contributed by atoms with Gasteiger partial charge < -0.3 is 5.32 Å². The Morgan fingerprint density at radius 2 is 1.92 bits per heavy atom. The number of anilines is 1. The topological polar surface area (TPSA) is 46.2 Å². The van der Waals surface area contributed by atoms with E-state index >= 15 is 0 Å². The van der Waals surface area contributed by atoms with Crippen molar-refractivity contribution in [2.75, 3.05) is 12.4 Å². The van der Waals surface area contributed by atoms with Gasteiger partial charge in [0, 0.05) is 7.05 Å². The van der Waals surface area contributed by atoms with Crippen molar-refractivity contribution in [1.29, 1.82) is 0 Å². The lowest BCUT2D eigenvalue weighted by atomic mass is 10.2. The average molecular weight is 220 g/mol. The van der Waals surface area contributed by atoms with Crippen molar-refractivity contribution in [1.82, 2.24) is 0 Å². The second-order valence-corrected chi connectivity index (χ2v) is 2.79. The molecule has 5 heteroatoms. The summed E-state index contributed by atoms with van der Waals surface area (Å²) in [6, 6.07) is 5.84. The normalized spacial score (nSPS) is 8.23. The Morgan fingerprint density at radius 1 is 1.38 bits per heavy atom. The first-order valence-electron chi connectivity index (χ1n) is 3.52. The van der Waals surface area contributed by atoms with E-state index in [4.69, 9.17) is 20.0 Å². The maximum Gasteiger partial charge on any atom is 0.335 e. The molecule has 0 atom stereocenters. The highest BCUT2D eigenvalue weighted by molar-refractivity contribution is 7.51. The summed E-state index contributed by atoms with van der Waals surface area (Å²) in [4.78, 5) is 0. The maximum atomic E-state index is 8.29. The van der Waals surface area contributed by atoms with Gasteiger partial charge in [-0.3, -0.25) is 0 Å². The molecule has 0 heterocycles. The third-order valence-corrected chi connectivity index (χ3v) is 1.79. The zero-order valence-electron chi connectivity index (χ0n) is 7.33. The molecule has 0 aliphatic carbocycles. The molecule has 0 fully saturated rings. The van der Waals surface area contributed by atoms with Crippen molar-refractivity contribution in [3.63, 3.8) is 0 Å². The molecule has 0 saturated heterocycles. The van der Waals surface area contributed by atoms with E-state index in [2.05, 4.69) is 5.32 Å². The van der Waals surface area contributed by atoms with Gasteiger partial charge in [0.05, 0.1) is 10.7 Å². The Bertz CT molecular complexity index is 291. The first-order chi connectivity index (χ1) is 6.17. The molecule has 1 aromatic carbocycles. The van der Waals surface area contributed by atoms with Crippen molar-refractivity contribution < 1.29 is 8.42 Å². The first-order valence-corrected chi connectivity index (χ1v) is 4.56. The highest BCUT2D eigenvalue weighted by atomic mass is 35.5. The molecule has 1 rings (SSSR count). The van der Waals surface area contributed by atoms with Gasteiger partial charge >= 0.3 is 11.6 Å². The summed E-state index contributed by atoms with van der Waals surface area (Å²) in [5.41, 5.74) is 2.19. The zero-order valence-corrected chi connectivity index (χ0v) is 8.91. The SMILES string of the molecule is CNc1c(C)cccc1Cl.O=S=O. The second kappa shape index (κ2) is 6.62. The molecule has 0 amide bonds. The van der Waals surface area contributed by atoms with E-state index in [0.29, 0.717) is 0 Å². The number of hydrogen-bond acceptors (Lipinski definition) is 3. The number of rotatable bonds is 1. The minimum atomic E-state index is -0.750. The van der Waals surface area contributed by atoms with Crippen LogP contribution in [0.25, 0.3) is 0 Å². The maximum absolute atomic E-state index is 8.29. The molecule has 0 aliphatic heterocycles. The molecule has 1 N–H and O–H groups in total. The summed E-state index contributed by atoms with van der Waals surface area (Å²) in [6.45, 7) is 2.03. The molecule has 0 saturated carbocycles. The van der Waals surface area contributed by atoms with E-state index in [1.54, 1.807) is 0 Å². The van der Waals surface area contributed by atoms with Crippen LogP contribution in [0, 0.1) is 6.92 Å². The number of halogens is 1. The third kappa shape index (κ3) is 4.05. The van der Waals surface area contributed by atoms with Crippen molar-refractivity contribution in [2.24, 2.45) is 0 Å². The summed E-state index contributed by atoms with van der Waals surface area (Å²) in [7, 11) is 1.87. The smallest absolute Gasteiger partial charge is 0.335 e. The largest absolute Gasteiger partial charge is 0.387 e. The van der Waals surface area contributed by atoms with Gasteiger partial charge in [-0.1, -0.05) is 23.7 Å². The molecule has 0 radical (unpaired) electrons. The monoisotopic (exact) mass is 219 g/mol. The third-order valence-electron chi connectivity index (χ3n) is 1.47. The van der Waals surface area contributed by atoms with Crippen molar-refractivity contribution in [3.05, 3.63) is 28.8 Å². The molecule has 3 nitrogen and oxygen atoms in total. The summed E-state index contributed by atoms with van der Waals surface area (Å²) < 4.78 is 16.6. The molecule has 0 aliphatic rings. The Balaban J connectivity index is 0.000000424. The fourth-order valence-electron chi connectivity index (χ4n) is 0.949. The van der Waals surface area contributed by atoms with E-state index < -0.39 is 11.6 Å². The van der Waals surface area contributed by atoms with E-state index in [1.807, 2.05) is 32.2 Å². The first kappa shape index (κ1) is 12.1. The lowest BCUT2D eigenvalue weighted by molar-refractivity contribution is 0.630. The highest BCUT2D eigenvalue weighted by Gasteiger charge is 1.98. The molecule has 0 unspecified atom stereocenters. The number of aryl methyl sites for hydroxylation is 1. The standard InChI is InChI=1S/C8H10ClN.O2S/c1-6-4-3-5-7(9)8(6)10-2;1-3-2/h3-5,10H,1-2H3;. The molecule has 13 heavy (non-hydrogen) atoms. The van der Waals surface area contributed by atoms with Gasteiger partial charge in [0.15, 0.2) is 0 Å². The van der Waals surface area contributed by atoms with Crippen molar-refractivity contribution >= 4 is 28.9 Å². The number of nitrogens with one attached hydrogen (secondary N) is 1. The van der Waals surface area contributed by atoms with Gasteiger partial charge in [-0.25, -0.2) is 0 Å². The van der Waals surface area contributed by atoms with E-state index in [0.717, 1.165) is 10.7 Å². The number of para-hydroxylation sites is 1. The minimum absolute atomic E-state index is 0.750. The van der Waals surface area contributed by atoms with Crippen LogP contribution in [0.1, 0.15) is 5.56 Å². The molecule has 0 bridgehead atoms. The molecular weight excluding hydrogens is 210 g/mol. The van der Waals surface area contributed by atoms with E-state index in [1.165, 1.54) is 5.56 Å². The van der Waals surface area contributed by atoms with Crippen LogP contribution in [0.5, 0.6) is 0 Å². The molecule has 1 aromatic rings. The lowest BCUT2D eigenvalue weighted by Crippen LogP contribution is -1.91. The van der Waals surface area contributed by atoms with Gasteiger partial charge in [0.2, 0.25) is 0 Å². The Labute approximate surface area is 85.7 Å². The molecular formula is C8H10ClNO2S. The summed E-state index contributed by atoms with van der Waals surface area (Å²) in [6.07, 6.45) is 0. The van der Waals surface area contributed by atoms with Crippen LogP contribution in [0.3, 0.4) is 0 Å². The number of hydrogen-bond donors (Lipinski definition) is 1. The van der Waals surface area contributed by atoms with Crippen LogP contribution < -0.4 is 5.32 Å². The predicted octanol–water partition coefficient (Wildman–Crippen LogP) is 2.02. The minimum Gasteiger partial charge on any atom is -0.387 e. The van der Waals surface area contributed by atoms with Gasteiger partial charge in [0.25, 0.3) is 0 Å². The Kier molecular flexibility index (Phi) is 6.18. The lowest BCUT2D eigenvalue weighted by Gasteiger charge is -2.05. The molecule has 0 aromatic heterocycles. The fraction of sp³-hybridized carbons (Fsp3) is 0.250. The van der Waals surface area contributed by atoms with E-state index in [9.17, 15) is 0 Å². The number of benzene rings is 1. The summed E-state index contributed by atoms with van der Waals surface area (Å²) >= 11 is 5.12. The van der Waals surface area contributed by atoms with E-state index in [-0.39, 0.29) is 0 Å². The average Bonchev–Trinajstić information content (AvgIpc) is 2.06. The van der Waals surface area contributed by atoms with Gasteiger partial charge in [-0.05, 0) is 18.6 Å². The summed E-state index contributed by atoms with van der Waals surface area (Å²) in [5, 5.41) is 3.81. The highest BCUT2D eigenvalue weighted by Crippen LogP contribution is 2.23. The van der Waals surface area contributed by atoms with Crippen LogP contribution in [0.4, 0.5) is 5.69 Å². The zero-order chi connectivity index (χ0) is 10.3. The fourth-order valence-corrected chi connectivity index (χ4v) is 1.26. The van der Waals surface area contributed by atoms with Gasteiger partial charge in [0.1, 0.15) is 0 Å². The van der Waals surface area contributed by atoms with Gasteiger partial charge in [-0.2, -0.15) is 8.42 Å². The molecule has 0 spiro atoms. The van der Waals surface area contributed by atoms with Crippen LogP contribution >= 0.6 is 11.6 Å². The van der Waals surface area contributed by atoms with Crippen LogP contribution in [-0.2, 0) is 11.6 Å². The summed E-state index contributed by atoms with van der Waals surface area (Å²) in [5.74, 6) is 0. The Hall–Kier alpha value is -0.870. The Morgan fingerprint density at radius 3 is 2.23 bits per heavy atom. The van der Waals surface area contributed by atoms with Gasteiger partial charge in [-0.15, -0.1) is 0 Å². The molecule has 72 valence electrons. The van der Waals surface area contributed by atoms with Crippen molar-refractivity contribution in [2.45, 2.75) is 6.92 Å². The quantitative estimate of drug-likeness (QED) is 0.786.